The fourth-order valence-corrected chi connectivity index (χ4v) is 7.11. The molecule has 4 N–H and O–H groups in total. The number of hydrogen-bond donors (Lipinski definition) is 3. The molecule has 260 valence electrons. The van der Waals surface area contributed by atoms with Gasteiger partial charge in [-0.15, -0.1) is 0 Å². The minimum atomic E-state index is -3.77. The zero-order valence-corrected chi connectivity index (χ0v) is 30.1. The van der Waals surface area contributed by atoms with Gasteiger partial charge in [-0.1, -0.05) is 218 Å². The van der Waals surface area contributed by atoms with Gasteiger partial charge in [-0.25, -0.2) is 0 Å². The third-order valence-corrected chi connectivity index (χ3v) is 10.3. The maximum Gasteiger partial charge on any atom is 0.325 e. The Morgan fingerprint density at radius 3 is 0.558 bits per heavy atom. The third-order valence-electron chi connectivity index (χ3n) is 9.40. The van der Waals surface area contributed by atoms with Gasteiger partial charge in [-0.05, 0) is 19.4 Å². The number of unbranched alkanes of at least 4 members (excludes halogenated alkanes) is 35. The normalized spacial score (nSPS) is 12.0. The summed E-state index contributed by atoms with van der Waals surface area (Å²) in [7, 11) is -3.77. The first kappa shape index (κ1) is 43.1. The summed E-state index contributed by atoms with van der Waals surface area (Å²) < 4.78 is 10.8. The molecule has 0 rings (SSSR count). The summed E-state index contributed by atoms with van der Waals surface area (Å²) in [6.45, 7) is 0.866. The van der Waals surface area contributed by atoms with Crippen LogP contribution in [0.15, 0.2) is 0 Å². The lowest BCUT2D eigenvalue weighted by molar-refractivity contribution is 0.370. The molecule has 0 aliphatic heterocycles. The van der Waals surface area contributed by atoms with E-state index in [0.29, 0.717) is 6.42 Å². The van der Waals surface area contributed by atoms with Crippen LogP contribution >= 0.6 is 7.60 Å². The van der Waals surface area contributed by atoms with E-state index in [9.17, 15) is 4.57 Å². The van der Waals surface area contributed by atoms with Crippen molar-refractivity contribution in [2.75, 3.05) is 12.7 Å². The quantitative estimate of drug-likeness (QED) is 0.0468. The molecule has 0 heterocycles. The van der Waals surface area contributed by atoms with Crippen LogP contribution in [0, 0.1) is 0 Å². The van der Waals surface area contributed by atoms with Gasteiger partial charge in [0.25, 0.3) is 0 Å². The minimum absolute atomic E-state index is 0.0609. The molecule has 0 saturated heterocycles. The van der Waals surface area contributed by atoms with Crippen molar-refractivity contribution in [3.05, 3.63) is 0 Å². The van der Waals surface area contributed by atoms with Crippen LogP contribution in [0.2, 0.25) is 0 Å². The van der Waals surface area contributed by atoms with Crippen molar-refractivity contribution in [3.63, 3.8) is 0 Å². The Kier molecular flexibility index (Phi) is 36.7. The van der Waals surface area contributed by atoms with Crippen molar-refractivity contribution in [3.8, 4) is 0 Å². The lowest BCUT2D eigenvalue weighted by Crippen LogP contribution is -1.97. The molecule has 0 aromatic carbocycles. The van der Waals surface area contributed by atoms with Gasteiger partial charge in [-0.3, -0.25) is 4.57 Å². The molecular weight excluding hydrogens is 549 g/mol. The largest absolute Gasteiger partial charge is 0.330 e. The molecule has 0 bridgehead atoms. The standard InChI is InChI=1S/C38H80NO3P/c39-37-35-33-31-29-27-25-23-21-19-17-15-13-11-9-7-5-3-1-2-4-6-8-10-12-14-16-18-20-22-24-26-28-30-32-34-36-38-43(40,41)42/h1-39H2,(H2,40,41,42). The van der Waals surface area contributed by atoms with Crippen molar-refractivity contribution in [2.24, 2.45) is 5.73 Å². The molecule has 5 heteroatoms. The van der Waals surface area contributed by atoms with Crippen molar-refractivity contribution in [1.82, 2.24) is 0 Å². The predicted molar refractivity (Wildman–Crippen MR) is 192 cm³/mol. The highest BCUT2D eigenvalue weighted by atomic mass is 31.2. The highest BCUT2D eigenvalue weighted by molar-refractivity contribution is 7.51. The first-order valence-corrected chi connectivity index (χ1v) is 21.6. The molecule has 0 saturated carbocycles. The second-order valence-electron chi connectivity index (χ2n) is 13.9. The van der Waals surface area contributed by atoms with E-state index in [2.05, 4.69) is 0 Å². The van der Waals surface area contributed by atoms with E-state index in [1.54, 1.807) is 0 Å². The van der Waals surface area contributed by atoms with Gasteiger partial charge >= 0.3 is 7.60 Å². The summed E-state index contributed by atoms with van der Waals surface area (Å²) in [5, 5.41) is 0. The van der Waals surface area contributed by atoms with E-state index in [4.69, 9.17) is 15.5 Å². The predicted octanol–water partition coefficient (Wildman–Crippen LogP) is 13.2. The van der Waals surface area contributed by atoms with Crippen LogP contribution in [0.25, 0.3) is 0 Å². The minimum Gasteiger partial charge on any atom is -0.330 e. The van der Waals surface area contributed by atoms with Gasteiger partial charge in [0.1, 0.15) is 0 Å². The summed E-state index contributed by atoms with van der Waals surface area (Å²) >= 11 is 0. The van der Waals surface area contributed by atoms with Crippen LogP contribution in [0.4, 0.5) is 0 Å². The second-order valence-corrected chi connectivity index (χ2v) is 15.7. The van der Waals surface area contributed by atoms with Crippen molar-refractivity contribution in [2.45, 2.75) is 231 Å². The molecule has 0 unspecified atom stereocenters. The topological polar surface area (TPSA) is 83.6 Å². The second kappa shape index (κ2) is 36.6. The van der Waals surface area contributed by atoms with Crippen molar-refractivity contribution >= 4 is 7.60 Å². The Hall–Kier alpha value is 0.110. The third kappa shape index (κ3) is 42.1. The Morgan fingerprint density at radius 2 is 0.419 bits per heavy atom. The molecule has 0 aromatic heterocycles. The van der Waals surface area contributed by atoms with Gasteiger partial charge in [0.05, 0.1) is 0 Å². The Morgan fingerprint density at radius 1 is 0.279 bits per heavy atom. The van der Waals surface area contributed by atoms with E-state index in [1.165, 1.54) is 212 Å². The van der Waals surface area contributed by atoms with Crippen LogP contribution in [-0.2, 0) is 4.57 Å². The van der Waals surface area contributed by atoms with Crippen molar-refractivity contribution in [1.29, 1.82) is 0 Å². The number of rotatable bonds is 38. The first-order valence-electron chi connectivity index (χ1n) is 19.8. The molecule has 0 amide bonds. The van der Waals surface area contributed by atoms with Gasteiger partial charge < -0.3 is 15.5 Å². The molecule has 0 spiro atoms. The van der Waals surface area contributed by atoms with Gasteiger partial charge in [0.15, 0.2) is 0 Å². The fraction of sp³-hybridized carbons (Fsp3) is 1.00. The molecule has 0 fully saturated rings. The van der Waals surface area contributed by atoms with Crippen molar-refractivity contribution < 1.29 is 14.4 Å². The maximum atomic E-state index is 10.8. The Labute approximate surface area is 271 Å². The molecule has 0 aliphatic carbocycles. The molecular formula is C38H80NO3P. The van der Waals surface area contributed by atoms with E-state index in [1.807, 2.05) is 0 Å². The zero-order valence-electron chi connectivity index (χ0n) is 29.2. The lowest BCUT2D eigenvalue weighted by Gasteiger charge is -2.05. The van der Waals surface area contributed by atoms with Crippen LogP contribution in [0.3, 0.4) is 0 Å². The first-order chi connectivity index (χ1) is 21.1. The number of nitrogens with two attached hydrogens (primary N) is 1. The van der Waals surface area contributed by atoms with E-state index < -0.39 is 7.60 Å². The van der Waals surface area contributed by atoms with Crippen LogP contribution < -0.4 is 5.73 Å². The summed E-state index contributed by atoms with van der Waals surface area (Å²) in [4.78, 5) is 17.7. The van der Waals surface area contributed by atoms with E-state index >= 15 is 0 Å². The summed E-state index contributed by atoms with van der Waals surface area (Å²) in [6.07, 6.45) is 49.6. The Bertz CT molecular complexity index is 553. The van der Waals surface area contributed by atoms with Gasteiger partial charge in [-0.2, -0.15) is 0 Å². The summed E-state index contributed by atoms with van der Waals surface area (Å²) in [5.41, 5.74) is 5.55. The molecule has 4 nitrogen and oxygen atoms in total. The number of hydrogen-bond acceptors (Lipinski definition) is 2. The fourth-order valence-electron chi connectivity index (χ4n) is 6.47. The molecule has 0 aliphatic rings. The average molecular weight is 630 g/mol. The maximum absolute atomic E-state index is 10.8. The molecule has 0 atom stereocenters. The van der Waals surface area contributed by atoms with Crippen LogP contribution in [0.1, 0.15) is 231 Å². The summed E-state index contributed by atoms with van der Waals surface area (Å²) in [5.74, 6) is 0. The Balaban J connectivity index is 3.05. The SMILES string of the molecule is NCCCCCCCCCCCCCCCCCCCCCCCCCCCCCCCCCCCCCCP(=O)(O)O. The molecule has 0 aromatic rings. The van der Waals surface area contributed by atoms with Crippen LogP contribution in [0.5, 0.6) is 0 Å². The van der Waals surface area contributed by atoms with E-state index in [0.717, 1.165) is 19.4 Å². The summed E-state index contributed by atoms with van der Waals surface area (Å²) in [6, 6.07) is 0. The van der Waals surface area contributed by atoms with Gasteiger partial charge in [0, 0.05) is 6.16 Å². The van der Waals surface area contributed by atoms with Gasteiger partial charge in [0.2, 0.25) is 0 Å². The smallest absolute Gasteiger partial charge is 0.325 e. The molecule has 43 heavy (non-hydrogen) atoms. The highest BCUT2D eigenvalue weighted by Gasteiger charge is 2.10. The zero-order chi connectivity index (χ0) is 31.4. The van der Waals surface area contributed by atoms with E-state index in [-0.39, 0.29) is 6.16 Å². The lowest BCUT2D eigenvalue weighted by atomic mass is 10.0. The average Bonchev–Trinajstić information content (AvgIpc) is 2.98. The monoisotopic (exact) mass is 630 g/mol. The van der Waals surface area contributed by atoms with Crippen LogP contribution in [-0.4, -0.2) is 22.5 Å². The highest BCUT2D eigenvalue weighted by Crippen LogP contribution is 2.35. The molecule has 0 radical (unpaired) electrons.